The Kier molecular flexibility index (Phi) is 3.09. The molecule has 0 spiro atoms. The maximum Gasteiger partial charge on any atom is 0.228 e. The summed E-state index contributed by atoms with van der Waals surface area (Å²) in [4.78, 5) is 11.3. The predicted molar refractivity (Wildman–Crippen MR) is 73.0 cm³/mol. The number of benzene rings is 1. The lowest BCUT2D eigenvalue weighted by atomic mass is 10.1. The maximum absolute atomic E-state index is 11.3. The molecular weight excluding hydrogens is 240 g/mol. The van der Waals surface area contributed by atoms with Gasteiger partial charge in [-0.1, -0.05) is 12.1 Å². The molecule has 0 unspecified atom stereocenters. The zero-order valence-electron chi connectivity index (χ0n) is 10.6. The van der Waals surface area contributed by atoms with Gasteiger partial charge in [-0.25, -0.2) is 0 Å². The summed E-state index contributed by atoms with van der Waals surface area (Å²) in [7, 11) is 0. The number of fused-ring (bicyclic) bond motifs is 1. The third-order valence-electron chi connectivity index (χ3n) is 3.28. The van der Waals surface area contributed by atoms with Crippen LogP contribution in [0.5, 0.6) is 0 Å². The fourth-order valence-corrected chi connectivity index (χ4v) is 2.39. The molecule has 0 atom stereocenters. The van der Waals surface area contributed by atoms with Crippen LogP contribution in [0.2, 0.25) is 0 Å². The zero-order valence-corrected chi connectivity index (χ0v) is 10.6. The van der Waals surface area contributed by atoms with E-state index in [4.69, 9.17) is 10.2 Å². The van der Waals surface area contributed by atoms with Crippen LogP contribution in [0.3, 0.4) is 0 Å². The first-order chi connectivity index (χ1) is 9.24. The summed E-state index contributed by atoms with van der Waals surface area (Å²) in [5.74, 6) is 1.92. The average molecular weight is 256 g/mol. The van der Waals surface area contributed by atoms with Crippen molar-refractivity contribution in [2.45, 2.75) is 19.3 Å². The normalized spacial score (nSPS) is 13.4. The number of hydrogen-bond donors (Lipinski definition) is 2. The summed E-state index contributed by atoms with van der Waals surface area (Å²) >= 11 is 0. The van der Waals surface area contributed by atoms with Gasteiger partial charge in [0.15, 0.2) is 0 Å². The minimum atomic E-state index is 0.0652. The lowest BCUT2D eigenvalue weighted by molar-refractivity contribution is -0.115. The van der Waals surface area contributed by atoms with Crippen molar-refractivity contribution in [1.29, 1.82) is 0 Å². The van der Waals surface area contributed by atoms with E-state index < -0.39 is 0 Å². The molecule has 0 fully saturated rings. The van der Waals surface area contributed by atoms with E-state index in [0.29, 0.717) is 13.0 Å². The third kappa shape index (κ3) is 2.53. The highest BCUT2D eigenvalue weighted by Gasteiger charge is 2.17. The standard InChI is InChI=1S/C15H16N2O2/c16-6-5-12-2-3-13(19-12)8-10-1-4-14-11(7-10)9-15(18)17-14/h1-4,7H,5-6,8-9,16H2,(H,17,18). The van der Waals surface area contributed by atoms with Gasteiger partial charge in [0.1, 0.15) is 11.5 Å². The molecule has 19 heavy (non-hydrogen) atoms. The van der Waals surface area contributed by atoms with Crippen molar-refractivity contribution in [2.24, 2.45) is 5.73 Å². The van der Waals surface area contributed by atoms with Crippen LogP contribution in [-0.4, -0.2) is 12.5 Å². The van der Waals surface area contributed by atoms with Crippen molar-refractivity contribution in [1.82, 2.24) is 0 Å². The van der Waals surface area contributed by atoms with E-state index in [1.807, 2.05) is 24.3 Å². The number of furan rings is 1. The summed E-state index contributed by atoms with van der Waals surface area (Å²) in [5, 5.41) is 2.83. The first-order valence-electron chi connectivity index (χ1n) is 6.44. The fourth-order valence-electron chi connectivity index (χ4n) is 2.39. The molecule has 3 rings (SSSR count). The highest BCUT2D eigenvalue weighted by Crippen LogP contribution is 2.25. The van der Waals surface area contributed by atoms with Gasteiger partial charge < -0.3 is 15.5 Å². The van der Waals surface area contributed by atoms with Gasteiger partial charge in [-0.2, -0.15) is 0 Å². The van der Waals surface area contributed by atoms with Crippen LogP contribution in [0.4, 0.5) is 5.69 Å². The minimum absolute atomic E-state index is 0.0652. The van der Waals surface area contributed by atoms with Gasteiger partial charge in [-0.15, -0.1) is 0 Å². The lowest BCUT2D eigenvalue weighted by Gasteiger charge is -2.02. The Morgan fingerprint density at radius 1 is 1.21 bits per heavy atom. The number of carbonyl (C=O) groups excluding carboxylic acids is 1. The number of nitrogens with one attached hydrogen (secondary N) is 1. The van der Waals surface area contributed by atoms with Crippen molar-refractivity contribution in [3.05, 3.63) is 53.0 Å². The summed E-state index contributed by atoms with van der Waals surface area (Å²) < 4.78 is 5.71. The molecule has 2 heterocycles. The number of nitrogens with two attached hydrogens (primary N) is 1. The van der Waals surface area contributed by atoms with Crippen molar-refractivity contribution < 1.29 is 9.21 Å². The second kappa shape index (κ2) is 4.90. The molecule has 0 saturated heterocycles. The van der Waals surface area contributed by atoms with Gasteiger partial charge in [-0.05, 0) is 35.9 Å². The van der Waals surface area contributed by atoms with E-state index in [0.717, 1.165) is 41.2 Å². The molecule has 1 amide bonds. The largest absolute Gasteiger partial charge is 0.466 e. The summed E-state index contributed by atoms with van der Waals surface area (Å²) in [5.41, 5.74) is 8.65. The Balaban J connectivity index is 1.76. The fraction of sp³-hybridized carbons (Fsp3) is 0.267. The van der Waals surface area contributed by atoms with Crippen LogP contribution >= 0.6 is 0 Å². The average Bonchev–Trinajstić information content (AvgIpc) is 2.95. The van der Waals surface area contributed by atoms with E-state index in [1.165, 1.54) is 0 Å². The molecule has 0 radical (unpaired) electrons. The highest BCUT2D eigenvalue weighted by atomic mass is 16.3. The maximum atomic E-state index is 11.3. The molecule has 0 bridgehead atoms. The van der Waals surface area contributed by atoms with Crippen LogP contribution < -0.4 is 11.1 Å². The second-order valence-electron chi connectivity index (χ2n) is 4.80. The van der Waals surface area contributed by atoms with E-state index in [1.54, 1.807) is 0 Å². The molecule has 1 aromatic heterocycles. The Bertz CT molecular complexity index is 616. The van der Waals surface area contributed by atoms with Crippen molar-refractivity contribution in [3.63, 3.8) is 0 Å². The smallest absolute Gasteiger partial charge is 0.228 e. The van der Waals surface area contributed by atoms with E-state index in [9.17, 15) is 4.79 Å². The van der Waals surface area contributed by atoms with Crippen LogP contribution in [0.15, 0.2) is 34.7 Å². The van der Waals surface area contributed by atoms with Crippen LogP contribution in [0, 0.1) is 0 Å². The van der Waals surface area contributed by atoms with Crippen LogP contribution in [-0.2, 0) is 24.1 Å². The highest BCUT2D eigenvalue weighted by molar-refractivity contribution is 5.99. The van der Waals surface area contributed by atoms with Gasteiger partial charge in [0, 0.05) is 18.5 Å². The van der Waals surface area contributed by atoms with Gasteiger partial charge in [0.05, 0.1) is 6.42 Å². The molecule has 0 aliphatic carbocycles. The Labute approximate surface area is 111 Å². The lowest BCUT2D eigenvalue weighted by Crippen LogP contribution is -2.03. The third-order valence-corrected chi connectivity index (χ3v) is 3.28. The summed E-state index contributed by atoms with van der Waals surface area (Å²) in [6.45, 7) is 0.597. The zero-order chi connectivity index (χ0) is 13.2. The van der Waals surface area contributed by atoms with E-state index in [-0.39, 0.29) is 5.91 Å². The van der Waals surface area contributed by atoms with Gasteiger partial charge >= 0.3 is 0 Å². The number of carbonyl (C=O) groups is 1. The first-order valence-corrected chi connectivity index (χ1v) is 6.44. The number of anilines is 1. The summed E-state index contributed by atoms with van der Waals surface area (Å²) in [6, 6.07) is 10.0. The number of hydrogen-bond acceptors (Lipinski definition) is 3. The molecule has 4 heteroatoms. The van der Waals surface area contributed by atoms with Gasteiger partial charge in [0.25, 0.3) is 0 Å². The molecule has 1 aliphatic rings. The summed E-state index contributed by atoms with van der Waals surface area (Å²) in [6.07, 6.45) is 1.98. The van der Waals surface area contributed by atoms with E-state index >= 15 is 0 Å². The minimum Gasteiger partial charge on any atom is -0.466 e. The topological polar surface area (TPSA) is 68.3 Å². The van der Waals surface area contributed by atoms with Gasteiger partial charge in [0.2, 0.25) is 5.91 Å². The number of amides is 1. The molecule has 2 aromatic rings. The first kappa shape index (κ1) is 12.0. The second-order valence-corrected chi connectivity index (χ2v) is 4.80. The Morgan fingerprint density at radius 3 is 2.89 bits per heavy atom. The molecule has 0 saturated carbocycles. The molecule has 4 nitrogen and oxygen atoms in total. The molecule has 1 aromatic carbocycles. The van der Waals surface area contributed by atoms with Crippen molar-refractivity contribution >= 4 is 11.6 Å². The molecule has 1 aliphatic heterocycles. The Hall–Kier alpha value is -2.07. The number of rotatable bonds is 4. The van der Waals surface area contributed by atoms with Crippen molar-refractivity contribution in [3.8, 4) is 0 Å². The van der Waals surface area contributed by atoms with E-state index in [2.05, 4.69) is 11.4 Å². The SMILES string of the molecule is NCCc1ccc(Cc2ccc3c(c2)CC(=O)N3)o1. The molecular formula is C15H16N2O2. The van der Waals surface area contributed by atoms with Gasteiger partial charge in [-0.3, -0.25) is 4.79 Å². The van der Waals surface area contributed by atoms with Crippen molar-refractivity contribution in [2.75, 3.05) is 11.9 Å². The predicted octanol–water partition coefficient (Wildman–Crippen LogP) is 1.87. The molecule has 98 valence electrons. The quantitative estimate of drug-likeness (QED) is 0.877. The Morgan fingerprint density at radius 2 is 2.05 bits per heavy atom. The monoisotopic (exact) mass is 256 g/mol. The molecule has 3 N–H and O–H groups in total. The van der Waals surface area contributed by atoms with Crippen LogP contribution in [0.25, 0.3) is 0 Å². The van der Waals surface area contributed by atoms with Crippen LogP contribution in [0.1, 0.15) is 22.6 Å².